The maximum Gasteiger partial charge on any atom is 0.242 e. The van der Waals surface area contributed by atoms with Gasteiger partial charge in [-0.25, -0.2) is 0 Å². The van der Waals surface area contributed by atoms with Gasteiger partial charge in [0.2, 0.25) is 11.8 Å². The van der Waals surface area contributed by atoms with Gasteiger partial charge in [0.05, 0.1) is 0 Å². The number of hydrogen-bond acceptors (Lipinski definition) is 2. The standard InChI is InChI=1S/C11H21BrN2O2/c1-3-8-13-11(16)9(2)14-10(15)6-4-5-7-12/h9H,3-8H2,1-2H3,(H,13,16)(H,14,15). The van der Waals surface area contributed by atoms with Gasteiger partial charge in [0, 0.05) is 18.3 Å². The zero-order chi connectivity index (χ0) is 12.4. The average Bonchev–Trinajstić information content (AvgIpc) is 2.26. The van der Waals surface area contributed by atoms with E-state index in [-0.39, 0.29) is 11.8 Å². The summed E-state index contributed by atoms with van der Waals surface area (Å²) in [4.78, 5) is 22.8. The van der Waals surface area contributed by atoms with Crippen LogP contribution in [0, 0.1) is 0 Å². The smallest absolute Gasteiger partial charge is 0.242 e. The average molecular weight is 293 g/mol. The summed E-state index contributed by atoms with van der Waals surface area (Å²) in [5.41, 5.74) is 0. The van der Waals surface area contributed by atoms with E-state index in [9.17, 15) is 9.59 Å². The van der Waals surface area contributed by atoms with Crippen molar-refractivity contribution in [1.29, 1.82) is 0 Å². The molecule has 0 aliphatic carbocycles. The molecule has 4 nitrogen and oxygen atoms in total. The van der Waals surface area contributed by atoms with Crippen LogP contribution in [0.5, 0.6) is 0 Å². The van der Waals surface area contributed by atoms with Crippen molar-refractivity contribution < 1.29 is 9.59 Å². The molecule has 0 bridgehead atoms. The van der Waals surface area contributed by atoms with Crippen LogP contribution in [0.1, 0.15) is 39.5 Å². The highest BCUT2D eigenvalue weighted by Gasteiger charge is 2.14. The summed E-state index contributed by atoms with van der Waals surface area (Å²) >= 11 is 3.31. The first-order valence-corrected chi connectivity index (χ1v) is 6.87. The highest BCUT2D eigenvalue weighted by molar-refractivity contribution is 9.09. The number of halogens is 1. The first kappa shape index (κ1) is 15.4. The summed E-state index contributed by atoms with van der Waals surface area (Å²) in [6.07, 6.45) is 3.21. The van der Waals surface area contributed by atoms with Gasteiger partial charge in [-0.2, -0.15) is 0 Å². The number of nitrogens with one attached hydrogen (secondary N) is 2. The summed E-state index contributed by atoms with van der Waals surface area (Å²) in [6.45, 7) is 4.35. The molecular weight excluding hydrogens is 272 g/mol. The monoisotopic (exact) mass is 292 g/mol. The number of rotatable bonds is 8. The lowest BCUT2D eigenvalue weighted by Gasteiger charge is -2.13. The highest BCUT2D eigenvalue weighted by atomic mass is 79.9. The fourth-order valence-corrected chi connectivity index (χ4v) is 1.56. The molecule has 1 unspecified atom stereocenters. The summed E-state index contributed by atoms with van der Waals surface area (Å²) in [7, 11) is 0. The van der Waals surface area contributed by atoms with Crippen molar-refractivity contribution in [2.24, 2.45) is 0 Å². The Morgan fingerprint density at radius 2 is 2.00 bits per heavy atom. The van der Waals surface area contributed by atoms with Crippen LogP contribution in [-0.4, -0.2) is 29.7 Å². The SMILES string of the molecule is CCCNC(=O)C(C)NC(=O)CCCCBr. The van der Waals surface area contributed by atoms with Crippen LogP contribution in [0.4, 0.5) is 0 Å². The minimum Gasteiger partial charge on any atom is -0.354 e. The van der Waals surface area contributed by atoms with Crippen LogP contribution in [-0.2, 0) is 9.59 Å². The van der Waals surface area contributed by atoms with Gasteiger partial charge in [-0.05, 0) is 26.2 Å². The minimum atomic E-state index is -0.442. The van der Waals surface area contributed by atoms with Crippen LogP contribution >= 0.6 is 15.9 Å². The minimum absolute atomic E-state index is 0.0555. The van der Waals surface area contributed by atoms with E-state index in [1.165, 1.54) is 0 Å². The summed E-state index contributed by atoms with van der Waals surface area (Å²) in [5.74, 6) is -0.171. The zero-order valence-electron chi connectivity index (χ0n) is 10.0. The first-order valence-electron chi connectivity index (χ1n) is 5.74. The third-order valence-electron chi connectivity index (χ3n) is 2.11. The largest absolute Gasteiger partial charge is 0.354 e. The number of unbranched alkanes of at least 4 members (excludes halogenated alkanes) is 1. The van der Waals surface area contributed by atoms with Crippen molar-refractivity contribution >= 4 is 27.7 Å². The van der Waals surface area contributed by atoms with E-state index in [1.54, 1.807) is 6.92 Å². The van der Waals surface area contributed by atoms with Gasteiger partial charge in [-0.15, -0.1) is 0 Å². The molecule has 0 aliphatic rings. The third-order valence-corrected chi connectivity index (χ3v) is 2.67. The van der Waals surface area contributed by atoms with Gasteiger partial charge < -0.3 is 10.6 Å². The van der Waals surface area contributed by atoms with E-state index in [4.69, 9.17) is 0 Å². The van der Waals surface area contributed by atoms with Crippen molar-refractivity contribution in [2.45, 2.75) is 45.6 Å². The van der Waals surface area contributed by atoms with E-state index in [2.05, 4.69) is 26.6 Å². The Morgan fingerprint density at radius 1 is 1.31 bits per heavy atom. The lowest BCUT2D eigenvalue weighted by Crippen LogP contribution is -2.44. The molecule has 0 aromatic heterocycles. The molecule has 0 saturated heterocycles. The molecular formula is C11H21BrN2O2. The van der Waals surface area contributed by atoms with E-state index >= 15 is 0 Å². The van der Waals surface area contributed by atoms with Crippen molar-refractivity contribution in [2.75, 3.05) is 11.9 Å². The summed E-state index contributed by atoms with van der Waals surface area (Å²) in [5, 5.41) is 6.33. The Morgan fingerprint density at radius 3 is 2.56 bits per heavy atom. The van der Waals surface area contributed by atoms with Gasteiger partial charge in [0.15, 0.2) is 0 Å². The van der Waals surface area contributed by atoms with Crippen LogP contribution in [0.2, 0.25) is 0 Å². The van der Waals surface area contributed by atoms with Gasteiger partial charge >= 0.3 is 0 Å². The molecule has 2 N–H and O–H groups in total. The van der Waals surface area contributed by atoms with Gasteiger partial charge in [0.1, 0.15) is 6.04 Å². The molecule has 0 spiro atoms. The molecule has 5 heteroatoms. The quantitative estimate of drug-likeness (QED) is 0.527. The number of carbonyl (C=O) groups excluding carboxylic acids is 2. The molecule has 0 heterocycles. The van der Waals surface area contributed by atoms with E-state index in [1.807, 2.05) is 6.92 Å². The summed E-state index contributed by atoms with van der Waals surface area (Å²) in [6, 6.07) is -0.442. The van der Waals surface area contributed by atoms with Crippen LogP contribution in [0.3, 0.4) is 0 Å². The van der Waals surface area contributed by atoms with Crippen LogP contribution < -0.4 is 10.6 Å². The Bertz CT molecular complexity index is 222. The lowest BCUT2D eigenvalue weighted by molar-refractivity contribution is -0.128. The number of carbonyl (C=O) groups is 2. The molecule has 16 heavy (non-hydrogen) atoms. The molecule has 2 amide bonds. The van der Waals surface area contributed by atoms with E-state index in [0.717, 1.165) is 24.6 Å². The molecule has 94 valence electrons. The topological polar surface area (TPSA) is 58.2 Å². The fourth-order valence-electron chi connectivity index (χ4n) is 1.16. The van der Waals surface area contributed by atoms with Crippen LogP contribution in [0.15, 0.2) is 0 Å². The Hall–Kier alpha value is -0.580. The Labute approximate surface area is 106 Å². The second-order valence-electron chi connectivity index (χ2n) is 3.73. The number of amides is 2. The molecule has 0 aromatic rings. The highest BCUT2D eigenvalue weighted by Crippen LogP contribution is 1.98. The van der Waals surface area contributed by atoms with Crippen molar-refractivity contribution in [3.63, 3.8) is 0 Å². The zero-order valence-corrected chi connectivity index (χ0v) is 11.6. The van der Waals surface area contributed by atoms with Crippen LogP contribution in [0.25, 0.3) is 0 Å². The normalized spacial score (nSPS) is 11.9. The van der Waals surface area contributed by atoms with Crippen molar-refractivity contribution in [3.05, 3.63) is 0 Å². The molecule has 0 rings (SSSR count). The predicted octanol–water partition coefficient (Wildman–Crippen LogP) is 1.58. The molecule has 1 atom stereocenters. The molecule has 0 radical (unpaired) electrons. The second-order valence-corrected chi connectivity index (χ2v) is 4.52. The van der Waals surface area contributed by atoms with E-state index in [0.29, 0.717) is 13.0 Å². The maximum absolute atomic E-state index is 11.4. The number of alkyl halides is 1. The number of hydrogen-bond donors (Lipinski definition) is 2. The molecule has 0 aliphatic heterocycles. The van der Waals surface area contributed by atoms with Gasteiger partial charge in [0.25, 0.3) is 0 Å². The summed E-state index contributed by atoms with van der Waals surface area (Å²) < 4.78 is 0. The van der Waals surface area contributed by atoms with Gasteiger partial charge in [-0.1, -0.05) is 22.9 Å². The fraction of sp³-hybridized carbons (Fsp3) is 0.818. The Balaban J connectivity index is 3.71. The van der Waals surface area contributed by atoms with Crippen molar-refractivity contribution in [1.82, 2.24) is 10.6 Å². The molecule has 0 saturated carbocycles. The second kappa shape index (κ2) is 9.63. The van der Waals surface area contributed by atoms with Crippen molar-refractivity contribution in [3.8, 4) is 0 Å². The predicted molar refractivity (Wildman–Crippen MR) is 68.6 cm³/mol. The maximum atomic E-state index is 11.4. The van der Waals surface area contributed by atoms with E-state index < -0.39 is 6.04 Å². The third kappa shape index (κ3) is 7.68. The first-order chi connectivity index (χ1) is 7.61. The van der Waals surface area contributed by atoms with Gasteiger partial charge in [-0.3, -0.25) is 9.59 Å². The lowest BCUT2D eigenvalue weighted by atomic mass is 10.2. The molecule has 0 aromatic carbocycles. The molecule has 0 fully saturated rings. The Kier molecular flexibility index (Phi) is 9.28.